The number of hydrogen-bond donors (Lipinski definition) is 2. The molecule has 0 bridgehead atoms. The van der Waals surface area contributed by atoms with Gasteiger partial charge in [0, 0.05) is 20.8 Å². The molecule has 0 unspecified atom stereocenters. The molecule has 0 amide bonds. The molecule has 0 aliphatic rings. The van der Waals surface area contributed by atoms with Gasteiger partial charge in [0.25, 0.3) is 0 Å². The van der Waals surface area contributed by atoms with Crippen LogP contribution in [0.1, 0.15) is 0 Å². The third-order valence-electron chi connectivity index (χ3n) is 0. The molecule has 0 saturated heterocycles. The molecular formula is H20FeN2O14S2. The summed E-state index contributed by atoms with van der Waals surface area (Å²) in [6.45, 7) is 0. The third kappa shape index (κ3) is 1240000. The van der Waals surface area contributed by atoms with E-state index >= 15 is 0 Å². The molecule has 0 aliphatic carbocycles. The van der Waals surface area contributed by atoms with Crippen molar-refractivity contribution in [3.8, 4) is 0 Å². The van der Waals surface area contributed by atoms with Gasteiger partial charge in [0.1, 0.15) is 0 Å². The summed E-state index contributed by atoms with van der Waals surface area (Å²) in [7, 11) is -10.3. The minimum absolute atomic E-state index is 0. The zero-order valence-corrected chi connectivity index (χ0v) is 12.2. The fourth-order valence-corrected chi connectivity index (χ4v) is 0. The molecule has 20 N–H and O–H groups in total. The van der Waals surface area contributed by atoms with Crippen LogP contribution < -0.4 is 12.3 Å². The van der Waals surface area contributed by atoms with Crippen LogP contribution in [0.4, 0.5) is 0 Å². The Morgan fingerprint density at radius 1 is 0.474 bits per heavy atom. The molecule has 134 valence electrons. The van der Waals surface area contributed by atoms with Gasteiger partial charge in [0.05, 0.1) is 0 Å². The Morgan fingerprint density at radius 2 is 0.474 bits per heavy atom. The second-order valence-corrected chi connectivity index (χ2v) is 2.45. The Kier molecular flexibility index (Phi) is 184. The topological polar surface area (TPSA) is 423 Å². The molecule has 0 saturated carbocycles. The van der Waals surface area contributed by atoms with E-state index in [1.807, 2.05) is 0 Å². The molecule has 0 radical (unpaired) electrons. The van der Waals surface area contributed by atoms with Gasteiger partial charge < -0.3 is 63.4 Å². The van der Waals surface area contributed by atoms with Gasteiger partial charge >= 0.3 is 17.1 Å². The van der Waals surface area contributed by atoms with E-state index in [4.69, 9.17) is 35.0 Å². The van der Waals surface area contributed by atoms with E-state index in [2.05, 4.69) is 0 Å². The minimum Gasteiger partial charge on any atom is -0.759 e. The minimum atomic E-state index is -5.17. The van der Waals surface area contributed by atoms with Gasteiger partial charge in [-0.25, -0.2) is 0 Å². The predicted octanol–water partition coefficient (Wildman–Crippen LogP) is -6.87. The van der Waals surface area contributed by atoms with Crippen molar-refractivity contribution in [2.24, 2.45) is 0 Å². The SMILES string of the molecule is O.O.O.O.O.O.O=S(=O)([O-])[O-].O=S(=O)([O-])[O-].[Fe+2].[NH4+].[NH4+]. The maximum atomic E-state index is 8.52. The van der Waals surface area contributed by atoms with Gasteiger partial charge in [-0.1, -0.05) is 0 Å². The van der Waals surface area contributed by atoms with Gasteiger partial charge in [0.15, 0.2) is 0 Å². The van der Waals surface area contributed by atoms with Crippen LogP contribution in [-0.4, -0.2) is 67.9 Å². The van der Waals surface area contributed by atoms with Crippen LogP contribution in [0.2, 0.25) is 0 Å². The fraction of sp³-hybridized carbons (Fsp3) is 0. The summed E-state index contributed by atoms with van der Waals surface area (Å²) in [6.07, 6.45) is 0. The molecule has 0 atom stereocenters. The fourth-order valence-electron chi connectivity index (χ4n) is 0. The van der Waals surface area contributed by atoms with Crippen molar-refractivity contribution in [1.29, 1.82) is 0 Å². The average molecular weight is 392 g/mol. The van der Waals surface area contributed by atoms with Crippen LogP contribution in [0.15, 0.2) is 0 Å². The number of hydrogen-bond acceptors (Lipinski definition) is 8. The predicted molar refractivity (Wildman–Crippen MR) is 54.6 cm³/mol. The van der Waals surface area contributed by atoms with Gasteiger partial charge in [-0.15, -0.1) is 0 Å². The largest absolute Gasteiger partial charge is 2.00 e. The molecule has 19 heavy (non-hydrogen) atoms. The second kappa shape index (κ2) is 36.1. The maximum Gasteiger partial charge on any atom is 2.00 e. The van der Waals surface area contributed by atoms with E-state index in [1.165, 1.54) is 0 Å². The first-order valence-corrected chi connectivity index (χ1v) is 4.00. The van der Waals surface area contributed by atoms with Crippen molar-refractivity contribution in [2.45, 2.75) is 0 Å². The zero-order valence-electron chi connectivity index (χ0n) is 9.44. The van der Waals surface area contributed by atoms with Crippen molar-refractivity contribution < 1.29 is 85.0 Å². The van der Waals surface area contributed by atoms with Crippen LogP contribution in [-0.2, 0) is 37.9 Å². The monoisotopic (exact) mass is 392 g/mol. The quantitative estimate of drug-likeness (QED) is 0.226. The van der Waals surface area contributed by atoms with Crippen LogP contribution in [0.5, 0.6) is 0 Å². The van der Waals surface area contributed by atoms with Gasteiger partial charge in [-0.2, -0.15) is 0 Å². The van der Waals surface area contributed by atoms with Gasteiger partial charge in [-0.3, -0.25) is 16.8 Å². The van der Waals surface area contributed by atoms with Crippen LogP contribution >= 0.6 is 0 Å². The summed E-state index contributed by atoms with van der Waals surface area (Å²) >= 11 is 0. The van der Waals surface area contributed by atoms with Gasteiger partial charge in [-0.05, 0) is 0 Å². The van der Waals surface area contributed by atoms with E-state index in [0.717, 1.165) is 0 Å². The van der Waals surface area contributed by atoms with Crippen molar-refractivity contribution in [1.82, 2.24) is 12.3 Å². The second-order valence-electron chi connectivity index (χ2n) is 0.816. The Hall–Kier alpha value is -0.0605. The van der Waals surface area contributed by atoms with E-state index in [-0.39, 0.29) is 62.2 Å². The molecule has 16 nitrogen and oxygen atoms in total. The number of rotatable bonds is 0. The molecule has 0 spiro atoms. The first-order chi connectivity index (χ1) is 4.00. The van der Waals surface area contributed by atoms with Gasteiger partial charge in [0.2, 0.25) is 0 Å². The standard InChI is InChI=1S/Fe.2H3N.2H2O4S.6H2O/c;;;2*1-5(2,3)4;;;;;;/h;2*1H3;2*(H2,1,2,3,4);6*1H2/q+2;;;;;;;;;;/p-2. The Morgan fingerprint density at radius 3 is 0.474 bits per heavy atom. The summed E-state index contributed by atoms with van der Waals surface area (Å²) in [5.74, 6) is 0. The van der Waals surface area contributed by atoms with Crippen LogP contribution in [0.3, 0.4) is 0 Å². The van der Waals surface area contributed by atoms with Crippen LogP contribution in [0.25, 0.3) is 0 Å². The van der Waals surface area contributed by atoms with Crippen molar-refractivity contribution >= 4 is 20.8 Å². The summed E-state index contributed by atoms with van der Waals surface area (Å²) in [5.41, 5.74) is 0. The molecule has 0 aromatic heterocycles. The Labute approximate surface area is 118 Å². The molecule has 0 fully saturated rings. The molecule has 0 aromatic carbocycles. The molecule has 0 rings (SSSR count). The molecule has 0 aliphatic heterocycles. The third-order valence-corrected chi connectivity index (χ3v) is 0. The Bertz CT molecular complexity index is 220. The van der Waals surface area contributed by atoms with E-state index in [0.29, 0.717) is 0 Å². The molecule has 0 aromatic rings. The molecule has 0 heterocycles. The normalized spacial score (nSPS) is 6.11. The van der Waals surface area contributed by atoms with Crippen molar-refractivity contribution in [3.05, 3.63) is 0 Å². The smallest absolute Gasteiger partial charge is 0.759 e. The van der Waals surface area contributed by atoms with E-state index in [9.17, 15) is 0 Å². The summed E-state index contributed by atoms with van der Waals surface area (Å²) in [6, 6.07) is 0. The zero-order chi connectivity index (χ0) is 9.00. The van der Waals surface area contributed by atoms with Crippen molar-refractivity contribution in [2.75, 3.05) is 0 Å². The first kappa shape index (κ1) is 96.7. The average Bonchev–Trinajstić information content (AvgIpc) is 1.12. The van der Waals surface area contributed by atoms with Crippen molar-refractivity contribution in [3.63, 3.8) is 0 Å². The molecular weight excluding hydrogens is 372 g/mol. The van der Waals surface area contributed by atoms with E-state index < -0.39 is 20.8 Å². The first-order valence-electron chi connectivity index (χ1n) is 1.33. The molecule has 19 heteroatoms. The Balaban J connectivity index is -0.00000000508. The summed E-state index contributed by atoms with van der Waals surface area (Å²) in [5, 5.41) is 0. The maximum absolute atomic E-state index is 8.52. The van der Waals surface area contributed by atoms with E-state index in [1.54, 1.807) is 0 Å². The van der Waals surface area contributed by atoms with Crippen LogP contribution in [0, 0.1) is 0 Å². The summed E-state index contributed by atoms with van der Waals surface area (Å²) in [4.78, 5) is 0. The summed E-state index contributed by atoms with van der Waals surface area (Å²) < 4.78 is 68.2. The number of quaternary nitrogens is 2.